The lowest BCUT2D eigenvalue weighted by Gasteiger charge is -2.05. The molecule has 0 spiro atoms. The van der Waals surface area contributed by atoms with Crippen molar-refractivity contribution in [3.8, 4) is 0 Å². The van der Waals surface area contributed by atoms with Crippen molar-refractivity contribution in [3.63, 3.8) is 0 Å². The summed E-state index contributed by atoms with van der Waals surface area (Å²) < 4.78 is 13.2. The van der Waals surface area contributed by atoms with Gasteiger partial charge < -0.3 is 5.73 Å². The van der Waals surface area contributed by atoms with Gasteiger partial charge in [-0.1, -0.05) is 18.2 Å². The van der Waals surface area contributed by atoms with Gasteiger partial charge in [-0.25, -0.2) is 14.4 Å². The Balaban J connectivity index is 2.61. The van der Waals surface area contributed by atoms with Crippen molar-refractivity contribution in [2.45, 2.75) is 0 Å². The van der Waals surface area contributed by atoms with Crippen LogP contribution < -0.4 is 5.73 Å². The Morgan fingerprint density at radius 3 is 2.81 bits per heavy atom. The third kappa shape index (κ3) is 1.20. The Bertz CT molecular complexity index is 694. The van der Waals surface area contributed by atoms with Crippen molar-refractivity contribution < 1.29 is 4.39 Å². The Hall–Kier alpha value is -2.23. The molecule has 0 bridgehead atoms. The molecule has 3 nitrogen and oxygen atoms in total. The highest BCUT2D eigenvalue weighted by Gasteiger charge is 2.07. The summed E-state index contributed by atoms with van der Waals surface area (Å²) >= 11 is 0. The standard InChI is InChI=1S/C12H8FN3/c13-7-5-9-8-3-1-2-4-10(8)16-12(14)11(9)15-6-7/h1-6H,(H2,14,16). The van der Waals surface area contributed by atoms with Gasteiger partial charge in [0.15, 0.2) is 5.82 Å². The Morgan fingerprint density at radius 2 is 1.94 bits per heavy atom. The van der Waals surface area contributed by atoms with Gasteiger partial charge in [-0.15, -0.1) is 0 Å². The summed E-state index contributed by atoms with van der Waals surface area (Å²) in [5, 5.41) is 1.56. The van der Waals surface area contributed by atoms with Gasteiger partial charge >= 0.3 is 0 Å². The lowest BCUT2D eigenvalue weighted by Crippen LogP contribution is -1.95. The van der Waals surface area contributed by atoms with Crippen molar-refractivity contribution >= 4 is 27.6 Å². The first kappa shape index (κ1) is 9.03. The maximum atomic E-state index is 13.2. The summed E-state index contributed by atoms with van der Waals surface area (Å²) in [5.74, 6) is -0.0445. The highest BCUT2D eigenvalue weighted by molar-refractivity contribution is 6.07. The van der Waals surface area contributed by atoms with Crippen molar-refractivity contribution in [2.24, 2.45) is 0 Å². The number of nitrogens with two attached hydrogens (primary N) is 1. The molecule has 0 aliphatic rings. The number of hydrogen-bond acceptors (Lipinski definition) is 3. The summed E-state index contributed by atoms with van der Waals surface area (Å²) in [7, 11) is 0. The zero-order valence-electron chi connectivity index (χ0n) is 8.31. The van der Waals surface area contributed by atoms with E-state index in [1.807, 2.05) is 24.3 Å². The van der Waals surface area contributed by atoms with E-state index in [0.717, 1.165) is 17.1 Å². The first-order valence-electron chi connectivity index (χ1n) is 4.85. The number of halogens is 1. The molecule has 2 aromatic heterocycles. The van der Waals surface area contributed by atoms with Crippen LogP contribution in [0.1, 0.15) is 0 Å². The molecule has 0 atom stereocenters. The van der Waals surface area contributed by atoms with Crippen molar-refractivity contribution in [1.29, 1.82) is 0 Å². The second-order valence-corrected chi connectivity index (χ2v) is 3.56. The summed E-state index contributed by atoms with van der Waals surface area (Å²) in [6.45, 7) is 0. The molecule has 0 aliphatic heterocycles. The normalized spacial score (nSPS) is 11.1. The molecular weight excluding hydrogens is 205 g/mol. The van der Waals surface area contributed by atoms with Crippen LogP contribution in [-0.4, -0.2) is 9.97 Å². The molecule has 4 heteroatoms. The third-order valence-corrected chi connectivity index (χ3v) is 2.53. The van der Waals surface area contributed by atoms with Crippen LogP contribution in [0.15, 0.2) is 36.5 Å². The maximum absolute atomic E-state index is 13.2. The molecule has 3 aromatic rings. The molecule has 1 aromatic carbocycles. The molecule has 0 radical (unpaired) electrons. The molecule has 0 saturated heterocycles. The lowest BCUT2D eigenvalue weighted by molar-refractivity contribution is 0.624. The number of fused-ring (bicyclic) bond motifs is 3. The molecule has 3 rings (SSSR count). The van der Waals surface area contributed by atoms with Crippen LogP contribution in [0.4, 0.5) is 10.2 Å². The summed E-state index contributed by atoms with van der Waals surface area (Å²) in [6.07, 6.45) is 1.15. The number of rotatable bonds is 0. The van der Waals surface area contributed by atoms with E-state index in [9.17, 15) is 4.39 Å². The zero-order valence-corrected chi connectivity index (χ0v) is 8.31. The van der Waals surface area contributed by atoms with E-state index in [1.165, 1.54) is 6.07 Å². The van der Waals surface area contributed by atoms with Gasteiger partial charge in [-0.3, -0.25) is 0 Å². The number of nitrogen functional groups attached to an aromatic ring is 1. The predicted molar refractivity (Wildman–Crippen MR) is 61.4 cm³/mol. The molecule has 2 N–H and O–H groups in total. The van der Waals surface area contributed by atoms with Crippen molar-refractivity contribution in [2.75, 3.05) is 5.73 Å². The predicted octanol–water partition coefficient (Wildman–Crippen LogP) is 2.50. The number of para-hydroxylation sites is 1. The fourth-order valence-corrected chi connectivity index (χ4v) is 1.83. The fraction of sp³-hybridized carbons (Fsp3) is 0. The van der Waals surface area contributed by atoms with E-state index in [-0.39, 0.29) is 5.82 Å². The van der Waals surface area contributed by atoms with Gasteiger partial charge in [0, 0.05) is 10.8 Å². The summed E-state index contributed by atoms with van der Waals surface area (Å²) in [4.78, 5) is 8.19. The van der Waals surface area contributed by atoms with E-state index in [4.69, 9.17) is 5.73 Å². The van der Waals surface area contributed by atoms with E-state index in [2.05, 4.69) is 9.97 Å². The fourth-order valence-electron chi connectivity index (χ4n) is 1.83. The largest absolute Gasteiger partial charge is 0.382 e. The number of hydrogen-bond donors (Lipinski definition) is 1. The first-order chi connectivity index (χ1) is 7.75. The van der Waals surface area contributed by atoms with Crippen LogP contribution >= 0.6 is 0 Å². The quantitative estimate of drug-likeness (QED) is 0.584. The average Bonchev–Trinajstić information content (AvgIpc) is 2.29. The molecule has 2 heterocycles. The Labute approximate surface area is 90.7 Å². The molecule has 16 heavy (non-hydrogen) atoms. The molecule has 78 valence electrons. The van der Waals surface area contributed by atoms with Crippen LogP contribution in [0.25, 0.3) is 21.8 Å². The van der Waals surface area contributed by atoms with E-state index >= 15 is 0 Å². The topological polar surface area (TPSA) is 51.8 Å². The minimum absolute atomic E-state index is 0.328. The van der Waals surface area contributed by atoms with E-state index in [1.54, 1.807) is 0 Å². The SMILES string of the molecule is Nc1nc2ccccc2c2cc(F)cnc12. The molecule has 0 unspecified atom stereocenters. The second kappa shape index (κ2) is 3.13. The molecule has 0 amide bonds. The second-order valence-electron chi connectivity index (χ2n) is 3.56. The van der Waals surface area contributed by atoms with Gasteiger partial charge in [0.1, 0.15) is 11.3 Å². The third-order valence-electron chi connectivity index (χ3n) is 2.53. The minimum Gasteiger partial charge on any atom is -0.382 e. The highest BCUT2D eigenvalue weighted by Crippen LogP contribution is 2.26. The van der Waals surface area contributed by atoms with Crippen LogP contribution in [0, 0.1) is 5.82 Å². The Morgan fingerprint density at radius 1 is 1.12 bits per heavy atom. The smallest absolute Gasteiger partial charge is 0.150 e. The molecular formula is C12H8FN3. The van der Waals surface area contributed by atoms with Gasteiger partial charge in [-0.05, 0) is 12.1 Å². The average molecular weight is 213 g/mol. The van der Waals surface area contributed by atoms with Crippen LogP contribution in [0.2, 0.25) is 0 Å². The van der Waals surface area contributed by atoms with Crippen molar-refractivity contribution in [1.82, 2.24) is 9.97 Å². The van der Waals surface area contributed by atoms with Gasteiger partial charge in [0.2, 0.25) is 0 Å². The number of benzene rings is 1. The minimum atomic E-state index is -0.372. The number of nitrogens with zero attached hydrogens (tertiary/aromatic N) is 2. The summed E-state index contributed by atoms with van der Waals surface area (Å²) in [6, 6.07) is 8.90. The Kier molecular flexibility index (Phi) is 1.77. The van der Waals surface area contributed by atoms with E-state index in [0.29, 0.717) is 16.7 Å². The molecule has 0 saturated carbocycles. The van der Waals surface area contributed by atoms with E-state index < -0.39 is 0 Å². The number of anilines is 1. The molecule has 0 aliphatic carbocycles. The van der Waals surface area contributed by atoms with Gasteiger partial charge in [0.25, 0.3) is 0 Å². The van der Waals surface area contributed by atoms with Crippen LogP contribution in [0.3, 0.4) is 0 Å². The maximum Gasteiger partial charge on any atom is 0.150 e. The van der Waals surface area contributed by atoms with Gasteiger partial charge in [0.05, 0.1) is 11.7 Å². The number of pyridine rings is 2. The number of aromatic nitrogens is 2. The van der Waals surface area contributed by atoms with Crippen molar-refractivity contribution in [3.05, 3.63) is 42.3 Å². The highest BCUT2D eigenvalue weighted by atomic mass is 19.1. The summed E-state index contributed by atoms with van der Waals surface area (Å²) in [5.41, 5.74) is 7.07. The monoisotopic (exact) mass is 213 g/mol. The van der Waals surface area contributed by atoms with Crippen LogP contribution in [0.5, 0.6) is 0 Å². The zero-order chi connectivity index (χ0) is 11.1. The van der Waals surface area contributed by atoms with Gasteiger partial charge in [-0.2, -0.15) is 0 Å². The lowest BCUT2D eigenvalue weighted by atomic mass is 10.1. The molecule has 0 fully saturated rings. The van der Waals surface area contributed by atoms with Crippen LogP contribution in [-0.2, 0) is 0 Å². The first-order valence-corrected chi connectivity index (χ1v) is 4.85.